The molecule has 0 radical (unpaired) electrons. The molecular formula is C16H26N2O2. The predicted octanol–water partition coefficient (Wildman–Crippen LogP) is 2.78. The van der Waals surface area contributed by atoms with Crippen LogP contribution in [0, 0.1) is 11.3 Å². The summed E-state index contributed by atoms with van der Waals surface area (Å²) in [5.74, 6) is 2.49. The van der Waals surface area contributed by atoms with E-state index in [1.165, 1.54) is 0 Å². The number of carbonyl (C=O) groups is 1. The van der Waals surface area contributed by atoms with Crippen molar-refractivity contribution in [2.24, 2.45) is 11.3 Å². The van der Waals surface area contributed by atoms with Crippen LogP contribution >= 0.6 is 0 Å². The summed E-state index contributed by atoms with van der Waals surface area (Å²) < 4.78 is 5.76. The first-order chi connectivity index (χ1) is 9.40. The zero-order valence-electron chi connectivity index (χ0n) is 13.0. The molecule has 1 aliphatic heterocycles. The van der Waals surface area contributed by atoms with Crippen LogP contribution < -0.4 is 5.32 Å². The molecule has 0 aromatic carbocycles. The molecule has 1 aromatic heterocycles. The van der Waals surface area contributed by atoms with Gasteiger partial charge in [0.2, 0.25) is 5.91 Å². The lowest BCUT2D eigenvalue weighted by Crippen LogP contribution is -2.27. The number of rotatable bonds is 5. The van der Waals surface area contributed by atoms with Gasteiger partial charge in [-0.3, -0.25) is 4.79 Å². The first-order valence-corrected chi connectivity index (χ1v) is 7.46. The Morgan fingerprint density at radius 2 is 2.05 bits per heavy atom. The summed E-state index contributed by atoms with van der Waals surface area (Å²) in [7, 11) is 0. The van der Waals surface area contributed by atoms with E-state index in [1.807, 2.05) is 17.0 Å². The number of hydrogen-bond acceptors (Lipinski definition) is 3. The zero-order chi connectivity index (χ0) is 14.8. The number of nitrogens with one attached hydrogen (secondary N) is 1. The minimum absolute atomic E-state index is 0.184. The van der Waals surface area contributed by atoms with Crippen molar-refractivity contribution in [2.75, 3.05) is 13.1 Å². The van der Waals surface area contributed by atoms with Gasteiger partial charge in [0.15, 0.2) is 0 Å². The minimum Gasteiger partial charge on any atom is -0.463 e. The smallest absolute Gasteiger partial charge is 0.223 e. The molecule has 1 amide bonds. The van der Waals surface area contributed by atoms with Crippen LogP contribution in [0.4, 0.5) is 0 Å². The molecule has 0 saturated carbocycles. The van der Waals surface area contributed by atoms with Crippen LogP contribution in [0.15, 0.2) is 16.5 Å². The maximum absolute atomic E-state index is 12.1. The van der Waals surface area contributed by atoms with E-state index in [0.29, 0.717) is 18.9 Å². The Hall–Kier alpha value is -1.29. The van der Waals surface area contributed by atoms with Crippen molar-refractivity contribution in [1.29, 1.82) is 0 Å². The molecule has 112 valence electrons. The van der Waals surface area contributed by atoms with Gasteiger partial charge in [-0.2, -0.15) is 0 Å². The molecule has 0 bridgehead atoms. The van der Waals surface area contributed by atoms with E-state index in [1.54, 1.807) is 0 Å². The Bertz CT molecular complexity index is 459. The molecule has 1 N–H and O–H groups in total. The average molecular weight is 278 g/mol. The van der Waals surface area contributed by atoms with E-state index in [9.17, 15) is 4.79 Å². The van der Waals surface area contributed by atoms with Crippen molar-refractivity contribution in [2.45, 2.75) is 47.2 Å². The summed E-state index contributed by atoms with van der Waals surface area (Å²) in [6.07, 6.45) is 0.661. The van der Waals surface area contributed by atoms with Crippen LogP contribution in [-0.2, 0) is 17.9 Å². The molecule has 4 heteroatoms. The van der Waals surface area contributed by atoms with Gasteiger partial charge in [-0.25, -0.2) is 0 Å². The standard InChI is InChI=1S/C16H26N2O2/c1-5-17-9-13-6-7-14(20-13)11-18-10-12(8-15(18)19)16(2,3)4/h6-7,12,17H,5,8-11H2,1-4H3. The molecule has 1 aromatic rings. The Morgan fingerprint density at radius 3 is 2.65 bits per heavy atom. The second kappa shape index (κ2) is 6.00. The van der Waals surface area contributed by atoms with Crippen molar-refractivity contribution in [1.82, 2.24) is 10.2 Å². The minimum atomic E-state index is 0.184. The first-order valence-electron chi connectivity index (χ1n) is 7.46. The molecule has 1 fully saturated rings. The lowest BCUT2D eigenvalue weighted by atomic mass is 9.80. The molecule has 0 aliphatic carbocycles. The Balaban J connectivity index is 1.93. The van der Waals surface area contributed by atoms with E-state index in [2.05, 4.69) is 33.0 Å². The van der Waals surface area contributed by atoms with E-state index in [4.69, 9.17) is 4.42 Å². The van der Waals surface area contributed by atoms with Crippen LogP contribution in [0.25, 0.3) is 0 Å². The Kier molecular flexibility index (Phi) is 4.53. The Morgan fingerprint density at radius 1 is 1.35 bits per heavy atom. The van der Waals surface area contributed by atoms with Crippen molar-refractivity contribution in [3.05, 3.63) is 23.7 Å². The highest BCUT2D eigenvalue weighted by Gasteiger charge is 2.36. The van der Waals surface area contributed by atoms with Gasteiger partial charge in [0.1, 0.15) is 11.5 Å². The van der Waals surface area contributed by atoms with Crippen LogP contribution in [-0.4, -0.2) is 23.9 Å². The van der Waals surface area contributed by atoms with E-state index in [0.717, 1.165) is 31.2 Å². The summed E-state index contributed by atoms with van der Waals surface area (Å²) in [5, 5.41) is 3.23. The first kappa shape index (κ1) is 15.1. The molecule has 2 rings (SSSR count). The number of nitrogens with zero attached hydrogens (tertiary/aromatic N) is 1. The third kappa shape index (κ3) is 3.63. The topological polar surface area (TPSA) is 45.5 Å². The average Bonchev–Trinajstić information content (AvgIpc) is 2.95. The van der Waals surface area contributed by atoms with E-state index < -0.39 is 0 Å². The van der Waals surface area contributed by atoms with Crippen LogP contribution in [0.3, 0.4) is 0 Å². The highest BCUT2D eigenvalue weighted by molar-refractivity contribution is 5.78. The van der Waals surface area contributed by atoms with E-state index in [-0.39, 0.29) is 11.3 Å². The quantitative estimate of drug-likeness (QED) is 0.901. The van der Waals surface area contributed by atoms with Crippen molar-refractivity contribution in [3.8, 4) is 0 Å². The molecule has 2 heterocycles. The number of amides is 1. The van der Waals surface area contributed by atoms with Crippen molar-refractivity contribution >= 4 is 5.91 Å². The zero-order valence-corrected chi connectivity index (χ0v) is 13.0. The maximum atomic E-state index is 12.1. The number of likely N-dealkylation sites (tertiary alicyclic amines) is 1. The second-order valence-electron chi connectivity index (χ2n) is 6.69. The van der Waals surface area contributed by atoms with Gasteiger partial charge in [-0.05, 0) is 30.0 Å². The normalized spacial score (nSPS) is 19.9. The SMILES string of the molecule is CCNCc1ccc(CN2CC(C(C)(C)C)CC2=O)o1. The largest absolute Gasteiger partial charge is 0.463 e. The fourth-order valence-electron chi connectivity index (χ4n) is 2.54. The molecular weight excluding hydrogens is 252 g/mol. The summed E-state index contributed by atoms with van der Waals surface area (Å²) >= 11 is 0. The molecule has 0 spiro atoms. The van der Waals surface area contributed by atoms with E-state index >= 15 is 0 Å². The Labute approximate surface area is 121 Å². The summed E-state index contributed by atoms with van der Waals surface area (Å²) in [6, 6.07) is 3.96. The molecule has 1 unspecified atom stereocenters. The lowest BCUT2D eigenvalue weighted by molar-refractivity contribution is -0.128. The summed E-state index contributed by atoms with van der Waals surface area (Å²) in [6.45, 7) is 11.8. The molecule has 1 aliphatic rings. The number of carbonyl (C=O) groups excluding carboxylic acids is 1. The van der Waals surface area contributed by atoms with Crippen LogP contribution in [0.1, 0.15) is 45.6 Å². The molecule has 4 nitrogen and oxygen atoms in total. The van der Waals surface area contributed by atoms with Crippen molar-refractivity contribution in [3.63, 3.8) is 0 Å². The van der Waals surface area contributed by atoms with Gasteiger partial charge in [0, 0.05) is 13.0 Å². The third-order valence-corrected chi connectivity index (χ3v) is 4.05. The molecule has 1 atom stereocenters. The fraction of sp³-hybridized carbons (Fsp3) is 0.688. The monoisotopic (exact) mass is 278 g/mol. The fourth-order valence-corrected chi connectivity index (χ4v) is 2.54. The second-order valence-corrected chi connectivity index (χ2v) is 6.69. The van der Waals surface area contributed by atoms with Gasteiger partial charge in [-0.15, -0.1) is 0 Å². The van der Waals surface area contributed by atoms with Gasteiger partial charge < -0.3 is 14.6 Å². The van der Waals surface area contributed by atoms with Crippen LogP contribution in [0.2, 0.25) is 0 Å². The number of hydrogen-bond donors (Lipinski definition) is 1. The van der Waals surface area contributed by atoms with Crippen molar-refractivity contribution < 1.29 is 9.21 Å². The highest BCUT2D eigenvalue weighted by atomic mass is 16.3. The maximum Gasteiger partial charge on any atom is 0.223 e. The summed E-state index contributed by atoms with van der Waals surface area (Å²) in [4.78, 5) is 14.0. The summed E-state index contributed by atoms with van der Waals surface area (Å²) in [5.41, 5.74) is 0.184. The number of furan rings is 1. The predicted molar refractivity (Wildman–Crippen MR) is 79.1 cm³/mol. The third-order valence-electron chi connectivity index (χ3n) is 4.05. The highest BCUT2D eigenvalue weighted by Crippen LogP contribution is 2.34. The lowest BCUT2D eigenvalue weighted by Gasteiger charge is -2.26. The van der Waals surface area contributed by atoms with Crippen LogP contribution in [0.5, 0.6) is 0 Å². The van der Waals surface area contributed by atoms with Gasteiger partial charge >= 0.3 is 0 Å². The van der Waals surface area contributed by atoms with Gasteiger partial charge in [0.25, 0.3) is 0 Å². The van der Waals surface area contributed by atoms with Gasteiger partial charge in [-0.1, -0.05) is 27.7 Å². The molecule has 20 heavy (non-hydrogen) atoms. The molecule has 1 saturated heterocycles. The van der Waals surface area contributed by atoms with Gasteiger partial charge in [0.05, 0.1) is 13.1 Å².